The third kappa shape index (κ3) is 3.06. The summed E-state index contributed by atoms with van der Waals surface area (Å²) in [5.74, 6) is -0.593. The van der Waals surface area contributed by atoms with Crippen LogP contribution in [-0.2, 0) is 0 Å². The molecule has 0 atom stereocenters. The Bertz CT molecular complexity index is 454. The fourth-order valence-corrected chi connectivity index (χ4v) is 0.987. The first-order valence-electron chi connectivity index (χ1n) is 4.06. The molecular weight excluding hydrogens is 216 g/mol. The second-order valence-electron chi connectivity index (χ2n) is 2.84. The van der Waals surface area contributed by atoms with E-state index in [1.54, 1.807) is 6.92 Å². The molecule has 1 amide bonds. The van der Waals surface area contributed by atoms with E-state index in [9.17, 15) is 9.59 Å². The molecule has 1 rings (SSSR count). The van der Waals surface area contributed by atoms with Gasteiger partial charge in [-0.3, -0.25) is 20.4 Å². The molecular formula is C8H10N4O2S. The van der Waals surface area contributed by atoms with Gasteiger partial charge in [-0.1, -0.05) is 0 Å². The lowest BCUT2D eigenvalue weighted by Gasteiger charge is -2.05. The number of hydrogen-bond acceptors (Lipinski definition) is 3. The predicted molar refractivity (Wildman–Crippen MR) is 59.2 cm³/mol. The van der Waals surface area contributed by atoms with Gasteiger partial charge < -0.3 is 10.7 Å². The van der Waals surface area contributed by atoms with Gasteiger partial charge in [0.05, 0.1) is 0 Å². The molecule has 1 aromatic heterocycles. The van der Waals surface area contributed by atoms with E-state index in [0.717, 1.165) is 0 Å². The number of thiocarbonyl (C=S) groups is 1. The first kappa shape index (κ1) is 11.2. The number of pyridine rings is 1. The Labute approximate surface area is 90.8 Å². The van der Waals surface area contributed by atoms with Crippen molar-refractivity contribution >= 4 is 23.2 Å². The molecule has 80 valence electrons. The normalized spacial score (nSPS) is 9.40. The molecule has 0 aromatic carbocycles. The van der Waals surface area contributed by atoms with Crippen LogP contribution >= 0.6 is 12.2 Å². The minimum Gasteiger partial charge on any atom is -0.375 e. The number of amides is 1. The van der Waals surface area contributed by atoms with Crippen molar-refractivity contribution in [1.29, 1.82) is 0 Å². The van der Waals surface area contributed by atoms with E-state index in [2.05, 4.69) is 28.1 Å². The number of aryl methyl sites for hydroxylation is 1. The van der Waals surface area contributed by atoms with Crippen LogP contribution in [0.2, 0.25) is 0 Å². The van der Waals surface area contributed by atoms with Crippen LogP contribution in [0.25, 0.3) is 0 Å². The van der Waals surface area contributed by atoms with Gasteiger partial charge in [-0.25, -0.2) is 0 Å². The number of hydrogen-bond donors (Lipinski definition) is 4. The van der Waals surface area contributed by atoms with Gasteiger partial charge >= 0.3 is 0 Å². The lowest BCUT2D eigenvalue weighted by molar-refractivity contribution is 0.0942. The van der Waals surface area contributed by atoms with Crippen molar-refractivity contribution in [3.05, 3.63) is 33.7 Å². The summed E-state index contributed by atoms with van der Waals surface area (Å²) in [6.07, 6.45) is 1.33. The van der Waals surface area contributed by atoms with Crippen molar-refractivity contribution in [2.24, 2.45) is 5.73 Å². The molecule has 0 unspecified atom stereocenters. The van der Waals surface area contributed by atoms with Gasteiger partial charge in [0.15, 0.2) is 10.5 Å². The second-order valence-corrected chi connectivity index (χ2v) is 3.28. The van der Waals surface area contributed by atoms with E-state index in [0.29, 0.717) is 5.69 Å². The van der Waals surface area contributed by atoms with E-state index in [4.69, 9.17) is 5.73 Å². The molecule has 0 bridgehead atoms. The minimum atomic E-state index is -0.593. The third-order valence-corrected chi connectivity index (χ3v) is 1.70. The summed E-state index contributed by atoms with van der Waals surface area (Å²) in [6.45, 7) is 1.72. The van der Waals surface area contributed by atoms with E-state index >= 15 is 0 Å². The Morgan fingerprint density at radius 1 is 1.53 bits per heavy atom. The number of carbonyl (C=O) groups excluding carboxylic acids is 1. The molecule has 0 fully saturated rings. The maximum atomic E-state index is 11.4. The van der Waals surface area contributed by atoms with Crippen LogP contribution in [-0.4, -0.2) is 16.0 Å². The maximum Gasteiger partial charge on any atom is 0.275 e. The molecule has 0 radical (unpaired) electrons. The number of nitrogens with two attached hydrogens (primary N) is 1. The van der Waals surface area contributed by atoms with E-state index in [-0.39, 0.29) is 16.1 Å². The predicted octanol–water partition coefficient (Wildman–Crippen LogP) is -0.839. The topological polar surface area (TPSA) is 100 Å². The summed E-state index contributed by atoms with van der Waals surface area (Å²) >= 11 is 4.48. The average Bonchev–Trinajstić information content (AvgIpc) is 2.14. The van der Waals surface area contributed by atoms with Gasteiger partial charge in [-0.15, -0.1) is 0 Å². The number of rotatable bonds is 1. The highest BCUT2D eigenvalue weighted by atomic mass is 32.1. The first-order chi connectivity index (χ1) is 7.00. The number of aromatic nitrogens is 1. The molecule has 15 heavy (non-hydrogen) atoms. The Morgan fingerprint density at radius 2 is 2.20 bits per heavy atom. The number of aromatic amines is 1. The fraction of sp³-hybridized carbons (Fsp3) is 0.125. The van der Waals surface area contributed by atoms with E-state index < -0.39 is 5.91 Å². The average molecular weight is 226 g/mol. The molecule has 0 aliphatic rings. The highest BCUT2D eigenvalue weighted by Crippen LogP contribution is 1.91. The third-order valence-electron chi connectivity index (χ3n) is 1.60. The van der Waals surface area contributed by atoms with Crippen LogP contribution in [0, 0.1) is 6.92 Å². The van der Waals surface area contributed by atoms with E-state index in [1.807, 2.05) is 0 Å². The summed E-state index contributed by atoms with van der Waals surface area (Å²) in [5.41, 5.74) is 9.83. The standard InChI is InChI=1S/C8H10N4O2S/c1-4-2-6(13)5(3-10-4)7(14)11-12-8(9)15/h2-3H,1H3,(H,10,13)(H,11,14)(H3,9,12,15). The number of hydrazine groups is 1. The fourth-order valence-electron chi connectivity index (χ4n) is 0.936. The summed E-state index contributed by atoms with van der Waals surface area (Å²) in [7, 11) is 0. The molecule has 0 saturated carbocycles. The number of nitrogens with one attached hydrogen (secondary N) is 3. The molecule has 0 spiro atoms. The maximum absolute atomic E-state index is 11.4. The first-order valence-corrected chi connectivity index (χ1v) is 4.46. The quantitative estimate of drug-likeness (QED) is 0.369. The van der Waals surface area contributed by atoms with Gasteiger partial charge in [-0.05, 0) is 19.1 Å². The van der Waals surface area contributed by atoms with Crippen LogP contribution in [0.5, 0.6) is 0 Å². The van der Waals surface area contributed by atoms with Crippen molar-refractivity contribution in [2.75, 3.05) is 0 Å². The lowest BCUT2D eigenvalue weighted by Crippen LogP contribution is -2.45. The molecule has 1 aromatic rings. The minimum absolute atomic E-state index is 0.00986. The number of carbonyl (C=O) groups is 1. The van der Waals surface area contributed by atoms with Gasteiger partial charge in [0.2, 0.25) is 0 Å². The largest absolute Gasteiger partial charge is 0.375 e. The van der Waals surface area contributed by atoms with Crippen LogP contribution in [0.4, 0.5) is 0 Å². The van der Waals surface area contributed by atoms with Crippen molar-refractivity contribution in [1.82, 2.24) is 15.8 Å². The van der Waals surface area contributed by atoms with Gasteiger partial charge in [-0.2, -0.15) is 0 Å². The molecule has 0 aliphatic heterocycles. The molecule has 0 aliphatic carbocycles. The molecule has 6 nitrogen and oxygen atoms in total. The molecule has 5 N–H and O–H groups in total. The summed E-state index contributed by atoms with van der Waals surface area (Å²) < 4.78 is 0. The smallest absolute Gasteiger partial charge is 0.275 e. The van der Waals surface area contributed by atoms with Crippen LogP contribution in [0.3, 0.4) is 0 Å². The molecule has 1 heterocycles. The zero-order valence-corrected chi connectivity index (χ0v) is 8.77. The Hall–Kier alpha value is -1.89. The summed E-state index contributed by atoms with van der Waals surface area (Å²) in [6, 6.07) is 1.33. The van der Waals surface area contributed by atoms with Crippen molar-refractivity contribution in [3.8, 4) is 0 Å². The second kappa shape index (κ2) is 4.56. The monoisotopic (exact) mass is 226 g/mol. The zero-order valence-electron chi connectivity index (χ0n) is 7.96. The number of H-pyrrole nitrogens is 1. The van der Waals surface area contributed by atoms with Gasteiger partial charge in [0.25, 0.3) is 5.91 Å². The highest BCUT2D eigenvalue weighted by molar-refractivity contribution is 7.80. The lowest BCUT2D eigenvalue weighted by atomic mass is 10.2. The van der Waals surface area contributed by atoms with Crippen molar-refractivity contribution in [2.45, 2.75) is 6.92 Å². The molecule has 0 saturated heterocycles. The Kier molecular flexibility index (Phi) is 3.40. The van der Waals surface area contributed by atoms with Crippen LogP contribution in [0.15, 0.2) is 17.1 Å². The van der Waals surface area contributed by atoms with Gasteiger partial charge in [0, 0.05) is 18.0 Å². The zero-order chi connectivity index (χ0) is 11.4. The summed E-state index contributed by atoms with van der Waals surface area (Å²) in [4.78, 5) is 25.5. The SMILES string of the molecule is Cc1cc(=O)c(C(=O)NNC(N)=S)c[nH]1. The Balaban J connectivity index is 2.83. The van der Waals surface area contributed by atoms with Crippen LogP contribution < -0.4 is 22.0 Å². The van der Waals surface area contributed by atoms with Crippen molar-refractivity contribution in [3.63, 3.8) is 0 Å². The highest BCUT2D eigenvalue weighted by Gasteiger charge is 2.09. The molecule has 7 heteroatoms. The summed E-state index contributed by atoms with van der Waals surface area (Å²) in [5, 5.41) is -0.0770. The van der Waals surface area contributed by atoms with E-state index in [1.165, 1.54) is 12.3 Å². The van der Waals surface area contributed by atoms with Crippen LogP contribution in [0.1, 0.15) is 16.1 Å². The van der Waals surface area contributed by atoms with Crippen molar-refractivity contribution < 1.29 is 4.79 Å². The Morgan fingerprint density at radius 3 is 2.73 bits per heavy atom. The van der Waals surface area contributed by atoms with Gasteiger partial charge in [0.1, 0.15) is 5.56 Å².